The van der Waals surface area contributed by atoms with E-state index in [-0.39, 0.29) is 31.1 Å². The van der Waals surface area contributed by atoms with Crippen LogP contribution in [0.4, 0.5) is 24.5 Å². The summed E-state index contributed by atoms with van der Waals surface area (Å²) in [5.41, 5.74) is 4.08. The maximum Gasteiger partial charge on any atom is 0.416 e. The molecule has 21 heteroatoms. The van der Waals surface area contributed by atoms with Crippen LogP contribution in [0.15, 0.2) is 73.2 Å². The number of fused-ring (bicyclic) bond motifs is 1. The number of aromatic nitrogens is 5. The largest absolute Gasteiger partial charge is 0.474 e. The minimum atomic E-state index is -4.58. The first-order valence-electron chi connectivity index (χ1n) is 21.9. The first-order valence-corrected chi connectivity index (χ1v) is 21.9. The molecule has 67 heavy (non-hydrogen) atoms. The van der Waals surface area contributed by atoms with Crippen molar-refractivity contribution in [3.8, 4) is 22.7 Å². The molecule has 0 aliphatic carbocycles. The number of pyridine rings is 2. The van der Waals surface area contributed by atoms with Gasteiger partial charge in [0.2, 0.25) is 17.7 Å². The quantitative estimate of drug-likeness (QED) is 0.110. The third-order valence-corrected chi connectivity index (χ3v) is 12.2. The third kappa shape index (κ3) is 10.1. The summed E-state index contributed by atoms with van der Waals surface area (Å²) >= 11 is 0. The van der Waals surface area contributed by atoms with E-state index in [4.69, 9.17) is 19.2 Å². The Morgan fingerprint density at radius 2 is 1.72 bits per heavy atom. The van der Waals surface area contributed by atoms with Crippen molar-refractivity contribution in [3.63, 3.8) is 0 Å². The van der Waals surface area contributed by atoms with Gasteiger partial charge in [-0.1, -0.05) is 11.3 Å². The molecule has 0 bridgehead atoms. The second kappa shape index (κ2) is 19.2. The van der Waals surface area contributed by atoms with Crippen molar-refractivity contribution in [2.24, 2.45) is 0 Å². The van der Waals surface area contributed by atoms with Gasteiger partial charge >= 0.3 is 6.18 Å². The van der Waals surface area contributed by atoms with E-state index in [1.165, 1.54) is 23.2 Å². The molecule has 0 saturated carbocycles. The Morgan fingerprint density at radius 3 is 2.48 bits per heavy atom. The van der Waals surface area contributed by atoms with Crippen LogP contribution in [-0.2, 0) is 31.8 Å². The van der Waals surface area contributed by atoms with Crippen LogP contribution in [0, 0.1) is 6.92 Å². The van der Waals surface area contributed by atoms with Crippen molar-refractivity contribution < 1.29 is 51.7 Å². The van der Waals surface area contributed by atoms with E-state index in [1.54, 1.807) is 41.3 Å². The molecular formula is C46H47F3N10O8. The number of aliphatic hydroxyl groups is 1. The van der Waals surface area contributed by atoms with Gasteiger partial charge in [0.15, 0.2) is 6.23 Å². The molecule has 0 radical (unpaired) electrons. The number of morpholine rings is 1. The zero-order chi connectivity index (χ0) is 46.8. The van der Waals surface area contributed by atoms with E-state index in [0.29, 0.717) is 84.7 Å². The summed E-state index contributed by atoms with van der Waals surface area (Å²) in [5, 5.41) is 24.7. The zero-order valence-electron chi connectivity index (χ0n) is 36.4. The highest BCUT2D eigenvalue weighted by atomic mass is 19.4. The summed E-state index contributed by atoms with van der Waals surface area (Å²) in [4.78, 5) is 64.9. The zero-order valence-corrected chi connectivity index (χ0v) is 36.4. The van der Waals surface area contributed by atoms with E-state index in [1.807, 2.05) is 13.0 Å². The van der Waals surface area contributed by atoms with E-state index in [2.05, 4.69) is 35.7 Å². The Morgan fingerprint density at radius 1 is 0.940 bits per heavy atom. The molecule has 3 N–H and O–H groups in total. The molecule has 0 spiro atoms. The SMILES string of the molecule is Cc1ncc(NC(=O)c2cccc(C(F)(F)F)c2)cc1-c1cnc(OCCOC2CCN(Cc3cn(-c4ccc5c(c4)C(O)N(C4CC(=O)NC(=O)C4)C5=O)nn3)CC2)c(N2CCOCC2)c1. The summed E-state index contributed by atoms with van der Waals surface area (Å²) in [6.07, 6.45) is 0.514. The number of likely N-dealkylation sites (tertiary alicyclic amines) is 1. The van der Waals surface area contributed by atoms with E-state index >= 15 is 0 Å². The fourth-order valence-corrected chi connectivity index (χ4v) is 8.80. The molecule has 9 rings (SSSR count). The Bertz CT molecular complexity index is 2670. The fraction of sp³-hybridized carbons (Fsp3) is 0.391. The van der Waals surface area contributed by atoms with Crippen molar-refractivity contribution in [1.29, 1.82) is 0 Å². The summed E-state index contributed by atoms with van der Waals surface area (Å²) in [6, 6.07) is 12.2. The number of anilines is 2. The first-order chi connectivity index (χ1) is 32.3. The van der Waals surface area contributed by atoms with Gasteiger partial charge < -0.3 is 34.4 Å². The highest BCUT2D eigenvalue weighted by Crippen LogP contribution is 2.38. The van der Waals surface area contributed by atoms with Crippen LogP contribution in [0.5, 0.6) is 5.88 Å². The number of aryl methyl sites for hydroxylation is 1. The Hall–Kier alpha value is -6.81. The van der Waals surface area contributed by atoms with Crippen molar-refractivity contribution in [2.45, 2.75) is 63.7 Å². The van der Waals surface area contributed by atoms with Crippen molar-refractivity contribution in [1.82, 2.24) is 40.1 Å². The lowest BCUT2D eigenvalue weighted by molar-refractivity contribution is -0.138. The smallest absolute Gasteiger partial charge is 0.416 e. The normalized spacial score (nSPS) is 18.6. The number of halogens is 3. The van der Waals surface area contributed by atoms with Gasteiger partial charge in [0.05, 0.1) is 67.0 Å². The number of aliphatic hydroxyl groups excluding tert-OH is 1. The standard InChI is InChI=1S/C46H47F3N10O8/c1-27-37(19-31(24-50-27)52-42(62)28-3-2-4-30(17-28)46(47,48)49)29-18-39(57-11-13-65-14-12-57)43(51-23-29)67-16-15-66-35-7-9-56(10-8-35)25-32-26-58(55-54-32)33-5-6-36-38(20-33)45(64)59(44(36)63)34-21-40(60)53-41(61)22-34/h2-6,17-20,23-24,26,34-35,45,64H,7-16,21-22,25H2,1H3,(H,52,62)(H,53,60,61). The fourth-order valence-electron chi connectivity index (χ4n) is 8.80. The van der Waals surface area contributed by atoms with Crippen LogP contribution in [0.25, 0.3) is 16.8 Å². The Balaban J connectivity index is 0.772. The molecule has 350 valence electrons. The Kier molecular flexibility index (Phi) is 13.0. The topological polar surface area (TPSA) is 206 Å². The monoisotopic (exact) mass is 924 g/mol. The molecule has 3 aromatic heterocycles. The predicted molar refractivity (Wildman–Crippen MR) is 233 cm³/mol. The number of nitrogens with zero attached hydrogens (tertiary/aromatic N) is 8. The number of alkyl halides is 3. The maximum absolute atomic E-state index is 13.3. The summed E-state index contributed by atoms with van der Waals surface area (Å²) in [5.74, 6) is -1.68. The average molecular weight is 925 g/mol. The lowest BCUT2D eigenvalue weighted by Gasteiger charge is -2.32. The number of carbonyl (C=O) groups excluding carboxylic acids is 4. The van der Waals surface area contributed by atoms with Crippen LogP contribution >= 0.6 is 0 Å². The molecule has 4 aliphatic heterocycles. The maximum atomic E-state index is 13.3. The van der Waals surface area contributed by atoms with E-state index < -0.39 is 47.6 Å². The summed E-state index contributed by atoms with van der Waals surface area (Å²) in [7, 11) is 0. The molecule has 1 atom stereocenters. The molecule has 4 aliphatic rings. The highest BCUT2D eigenvalue weighted by Gasteiger charge is 2.43. The molecule has 1 unspecified atom stereocenters. The summed E-state index contributed by atoms with van der Waals surface area (Å²) in [6.45, 7) is 6.82. The van der Waals surface area contributed by atoms with E-state index in [0.717, 1.165) is 49.4 Å². The van der Waals surface area contributed by atoms with Crippen LogP contribution in [0.3, 0.4) is 0 Å². The number of rotatable bonds is 13. The van der Waals surface area contributed by atoms with Gasteiger partial charge in [-0.3, -0.25) is 34.4 Å². The van der Waals surface area contributed by atoms with Gasteiger partial charge in [0.25, 0.3) is 11.8 Å². The average Bonchev–Trinajstić information content (AvgIpc) is 3.89. The minimum absolute atomic E-state index is 0.0302. The third-order valence-electron chi connectivity index (χ3n) is 12.2. The summed E-state index contributed by atoms with van der Waals surface area (Å²) < 4.78 is 59.5. The van der Waals surface area contributed by atoms with Crippen LogP contribution < -0.4 is 20.3 Å². The molecule has 4 amide bonds. The molecule has 5 aromatic rings. The molecule has 18 nitrogen and oxygen atoms in total. The van der Waals surface area contributed by atoms with Gasteiger partial charge in [0.1, 0.15) is 12.3 Å². The van der Waals surface area contributed by atoms with Crippen molar-refractivity contribution in [3.05, 3.63) is 107 Å². The van der Waals surface area contributed by atoms with Crippen molar-refractivity contribution >= 4 is 35.0 Å². The van der Waals surface area contributed by atoms with Gasteiger partial charge in [-0.2, -0.15) is 13.2 Å². The number of nitrogens with one attached hydrogen (secondary N) is 2. The molecule has 3 saturated heterocycles. The molecule has 2 aromatic carbocycles. The van der Waals surface area contributed by atoms with E-state index in [9.17, 15) is 37.5 Å². The molecule has 7 heterocycles. The van der Waals surface area contributed by atoms with Crippen LogP contribution in [0.1, 0.15) is 75.1 Å². The number of amides is 4. The number of ether oxygens (including phenoxy) is 3. The van der Waals surface area contributed by atoms with Crippen molar-refractivity contribution in [2.75, 3.05) is 62.8 Å². The van der Waals surface area contributed by atoms with Gasteiger partial charge in [-0.05, 0) is 68.3 Å². The first kappa shape index (κ1) is 45.4. The van der Waals surface area contributed by atoms with Crippen LogP contribution in [-0.4, -0.2) is 128 Å². The van der Waals surface area contributed by atoms with Gasteiger partial charge in [-0.25, -0.2) is 9.67 Å². The molecular weight excluding hydrogens is 878 g/mol. The minimum Gasteiger partial charge on any atom is -0.474 e. The second-order valence-corrected chi connectivity index (χ2v) is 16.8. The number of imide groups is 1. The lowest BCUT2D eigenvalue weighted by atomic mass is 10.0. The lowest BCUT2D eigenvalue weighted by Crippen LogP contribution is -2.49. The van der Waals surface area contributed by atoms with Gasteiger partial charge in [-0.15, -0.1) is 5.10 Å². The Labute approximate surface area is 382 Å². The molecule has 3 fully saturated rings. The number of carbonyl (C=O) groups is 4. The number of hydrogen-bond donors (Lipinski definition) is 3. The second-order valence-electron chi connectivity index (χ2n) is 16.8. The number of hydrogen-bond acceptors (Lipinski definition) is 14. The predicted octanol–water partition coefficient (Wildman–Crippen LogP) is 4.45. The van der Waals surface area contributed by atoms with Crippen LogP contribution in [0.2, 0.25) is 0 Å². The van der Waals surface area contributed by atoms with Gasteiger partial charge in [0, 0.05) is 85.3 Å². The number of benzene rings is 2. The number of piperidine rings is 2. The highest BCUT2D eigenvalue weighted by molar-refractivity contribution is 6.05.